The fraction of sp³-hybridized carbons (Fsp3) is 0.400. The standard InChI is InChI=1S/C15H18N4O2/c1-11-6-13(20)7-14(18-11)15-10-19(4-5-21-15)9-12-8-16-2-3-17-12/h2-3,6-8,15H,4-5,9-10H2,1H3,(H,18,20). The lowest BCUT2D eigenvalue weighted by Crippen LogP contribution is -2.38. The van der Waals surface area contributed by atoms with Crippen molar-refractivity contribution in [1.29, 1.82) is 0 Å². The molecule has 6 nitrogen and oxygen atoms in total. The summed E-state index contributed by atoms with van der Waals surface area (Å²) in [4.78, 5) is 25.5. The Bertz CT molecular complexity index is 656. The number of hydrogen-bond acceptors (Lipinski definition) is 5. The van der Waals surface area contributed by atoms with Crippen LogP contribution < -0.4 is 5.43 Å². The van der Waals surface area contributed by atoms with Crippen LogP contribution in [0.3, 0.4) is 0 Å². The highest BCUT2D eigenvalue weighted by atomic mass is 16.5. The molecular weight excluding hydrogens is 268 g/mol. The summed E-state index contributed by atoms with van der Waals surface area (Å²) < 4.78 is 5.79. The minimum atomic E-state index is -0.108. The average molecular weight is 286 g/mol. The van der Waals surface area contributed by atoms with E-state index in [0.29, 0.717) is 6.61 Å². The van der Waals surface area contributed by atoms with Crippen LogP contribution in [0, 0.1) is 6.92 Å². The van der Waals surface area contributed by atoms with Gasteiger partial charge in [0.25, 0.3) is 0 Å². The predicted octanol–water partition coefficient (Wildman–Crippen LogP) is 1.05. The first-order valence-electron chi connectivity index (χ1n) is 7.00. The molecule has 1 saturated heterocycles. The van der Waals surface area contributed by atoms with Gasteiger partial charge in [-0.2, -0.15) is 0 Å². The molecule has 21 heavy (non-hydrogen) atoms. The molecule has 0 aromatic carbocycles. The third kappa shape index (κ3) is 3.53. The van der Waals surface area contributed by atoms with Crippen molar-refractivity contribution in [2.45, 2.75) is 19.6 Å². The van der Waals surface area contributed by atoms with E-state index in [0.717, 1.165) is 36.7 Å². The van der Waals surface area contributed by atoms with Crippen LogP contribution in [0.15, 0.2) is 35.5 Å². The summed E-state index contributed by atoms with van der Waals surface area (Å²) in [6.07, 6.45) is 5.04. The zero-order valence-electron chi connectivity index (χ0n) is 12.0. The molecule has 0 amide bonds. The Morgan fingerprint density at radius 1 is 1.43 bits per heavy atom. The molecule has 1 aliphatic rings. The molecule has 2 aromatic rings. The van der Waals surface area contributed by atoms with E-state index in [2.05, 4.69) is 19.9 Å². The largest absolute Gasteiger partial charge is 0.369 e. The van der Waals surface area contributed by atoms with Crippen LogP contribution in [0.5, 0.6) is 0 Å². The second-order valence-electron chi connectivity index (χ2n) is 5.25. The highest BCUT2D eigenvalue weighted by Crippen LogP contribution is 2.20. The van der Waals surface area contributed by atoms with Gasteiger partial charge in [-0.1, -0.05) is 0 Å². The minimum Gasteiger partial charge on any atom is -0.369 e. The number of pyridine rings is 1. The molecule has 2 aromatic heterocycles. The van der Waals surface area contributed by atoms with Gasteiger partial charge in [-0.3, -0.25) is 19.7 Å². The van der Waals surface area contributed by atoms with Crippen LogP contribution in [-0.4, -0.2) is 39.5 Å². The van der Waals surface area contributed by atoms with Crippen molar-refractivity contribution in [2.24, 2.45) is 0 Å². The van der Waals surface area contributed by atoms with Crippen molar-refractivity contribution >= 4 is 0 Å². The molecular formula is C15H18N4O2. The van der Waals surface area contributed by atoms with Crippen molar-refractivity contribution in [3.8, 4) is 0 Å². The fourth-order valence-electron chi connectivity index (χ4n) is 2.56. The van der Waals surface area contributed by atoms with Crippen LogP contribution in [0.2, 0.25) is 0 Å². The zero-order chi connectivity index (χ0) is 14.7. The van der Waals surface area contributed by atoms with Gasteiger partial charge in [0.15, 0.2) is 5.43 Å². The summed E-state index contributed by atoms with van der Waals surface area (Å²) in [5, 5.41) is 0. The number of aromatic amines is 1. The maximum Gasteiger partial charge on any atom is 0.182 e. The summed E-state index contributed by atoms with van der Waals surface area (Å²) in [6, 6.07) is 3.20. The van der Waals surface area contributed by atoms with Gasteiger partial charge < -0.3 is 9.72 Å². The van der Waals surface area contributed by atoms with Gasteiger partial charge in [-0.05, 0) is 6.92 Å². The van der Waals surface area contributed by atoms with Gasteiger partial charge in [0, 0.05) is 61.7 Å². The second kappa shape index (κ2) is 6.15. The summed E-state index contributed by atoms with van der Waals surface area (Å²) in [5.74, 6) is 0. The number of H-pyrrole nitrogens is 1. The number of aromatic nitrogens is 3. The van der Waals surface area contributed by atoms with Crippen molar-refractivity contribution in [3.63, 3.8) is 0 Å². The first-order chi connectivity index (χ1) is 10.2. The Kier molecular flexibility index (Phi) is 4.08. The van der Waals surface area contributed by atoms with E-state index < -0.39 is 0 Å². The topological polar surface area (TPSA) is 71.1 Å². The lowest BCUT2D eigenvalue weighted by Gasteiger charge is -2.32. The number of nitrogens with one attached hydrogen (secondary N) is 1. The van der Waals surface area contributed by atoms with Crippen molar-refractivity contribution in [2.75, 3.05) is 19.7 Å². The molecule has 3 heterocycles. The van der Waals surface area contributed by atoms with E-state index in [1.807, 2.05) is 6.92 Å². The smallest absolute Gasteiger partial charge is 0.182 e. The van der Waals surface area contributed by atoms with Gasteiger partial charge in [-0.15, -0.1) is 0 Å². The predicted molar refractivity (Wildman–Crippen MR) is 77.8 cm³/mol. The molecule has 1 aliphatic heterocycles. The van der Waals surface area contributed by atoms with E-state index >= 15 is 0 Å². The van der Waals surface area contributed by atoms with Gasteiger partial charge >= 0.3 is 0 Å². The Hall–Kier alpha value is -2.05. The van der Waals surface area contributed by atoms with Crippen molar-refractivity contribution in [1.82, 2.24) is 19.9 Å². The van der Waals surface area contributed by atoms with Gasteiger partial charge in [0.2, 0.25) is 0 Å². The lowest BCUT2D eigenvalue weighted by atomic mass is 10.1. The second-order valence-corrected chi connectivity index (χ2v) is 5.25. The van der Waals surface area contributed by atoms with Crippen molar-refractivity contribution in [3.05, 3.63) is 58.0 Å². The number of aryl methyl sites for hydroxylation is 1. The van der Waals surface area contributed by atoms with Gasteiger partial charge in [0.1, 0.15) is 6.10 Å². The Morgan fingerprint density at radius 3 is 3.10 bits per heavy atom. The van der Waals surface area contributed by atoms with E-state index in [4.69, 9.17) is 4.74 Å². The molecule has 0 bridgehead atoms. The molecule has 1 fully saturated rings. The molecule has 0 saturated carbocycles. The number of ether oxygens (including phenoxy) is 1. The van der Waals surface area contributed by atoms with E-state index in [9.17, 15) is 4.79 Å². The van der Waals surface area contributed by atoms with Crippen molar-refractivity contribution < 1.29 is 4.74 Å². The highest BCUT2D eigenvalue weighted by molar-refractivity contribution is 5.13. The third-order valence-electron chi connectivity index (χ3n) is 3.50. The summed E-state index contributed by atoms with van der Waals surface area (Å²) in [6.45, 7) is 4.84. The molecule has 1 unspecified atom stereocenters. The Labute approximate surface area is 122 Å². The highest BCUT2D eigenvalue weighted by Gasteiger charge is 2.23. The summed E-state index contributed by atoms with van der Waals surface area (Å²) >= 11 is 0. The lowest BCUT2D eigenvalue weighted by molar-refractivity contribution is -0.0354. The normalized spacial score (nSPS) is 19.6. The maximum atomic E-state index is 11.6. The molecule has 0 radical (unpaired) electrons. The first kappa shape index (κ1) is 13.9. The quantitative estimate of drug-likeness (QED) is 0.913. The third-order valence-corrected chi connectivity index (χ3v) is 3.50. The number of morpholine rings is 1. The molecule has 1 N–H and O–H groups in total. The van der Waals surface area contributed by atoms with Crippen LogP contribution in [0.1, 0.15) is 23.2 Å². The Balaban J connectivity index is 1.72. The van der Waals surface area contributed by atoms with Gasteiger partial charge in [0.05, 0.1) is 12.3 Å². The molecule has 0 aliphatic carbocycles. The van der Waals surface area contributed by atoms with Crippen LogP contribution in [0.4, 0.5) is 0 Å². The van der Waals surface area contributed by atoms with E-state index in [-0.39, 0.29) is 11.5 Å². The minimum absolute atomic E-state index is 0.0101. The number of hydrogen-bond donors (Lipinski definition) is 1. The number of rotatable bonds is 3. The van der Waals surface area contributed by atoms with Crippen LogP contribution >= 0.6 is 0 Å². The van der Waals surface area contributed by atoms with Gasteiger partial charge in [-0.25, -0.2) is 0 Å². The van der Waals surface area contributed by atoms with Crippen LogP contribution in [0.25, 0.3) is 0 Å². The average Bonchev–Trinajstić information content (AvgIpc) is 2.47. The fourth-order valence-corrected chi connectivity index (χ4v) is 2.56. The van der Waals surface area contributed by atoms with Crippen LogP contribution in [-0.2, 0) is 11.3 Å². The molecule has 6 heteroatoms. The molecule has 0 spiro atoms. The number of nitrogens with zero attached hydrogens (tertiary/aromatic N) is 3. The zero-order valence-corrected chi connectivity index (χ0v) is 12.0. The monoisotopic (exact) mass is 286 g/mol. The van der Waals surface area contributed by atoms with E-state index in [1.54, 1.807) is 30.7 Å². The Morgan fingerprint density at radius 2 is 2.33 bits per heavy atom. The first-order valence-corrected chi connectivity index (χ1v) is 7.00. The molecule has 1 atom stereocenters. The van der Waals surface area contributed by atoms with E-state index in [1.165, 1.54) is 0 Å². The maximum absolute atomic E-state index is 11.6. The summed E-state index contributed by atoms with van der Waals surface area (Å²) in [5.41, 5.74) is 2.64. The SMILES string of the molecule is Cc1cc(=O)cc(C2CN(Cc3cnccn3)CCO2)[nH]1. The molecule has 110 valence electrons. The molecule has 3 rings (SSSR count). The summed E-state index contributed by atoms with van der Waals surface area (Å²) in [7, 11) is 0.